The third-order valence-electron chi connectivity index (χ3n) is 10.0. The van der Waals surface area contributed by atoms with Gasteiger partial charge in [-0.25, -0.2) is 0 Å². The number of anilines is 3. The monoisotopic (exact) mass is 609 g/mol. The SMILES string of the molecule is c1ccc(N(c2cccc3ccccc23)c2cccc3c2sc2ccccc23)c(-c2cccc3cccc(C4CCCCC4)c23)c1. The van der Waals surface area contributed by atoms with Crippen molar-refractivity contribution in [3.8, 4) is 11.1 Å². The van der Waals surface area contributed by atoms with Crippen molar-refractivity contribution in [2.45, 2.75) is 38.0 Å². The molecule has 1 aliphatic carbocycles. The molecule has 0 spiro atoms. The van der Waals surface area contributed by atoms with Gasteiger partial charge in [-0.3, -0.25) is 0 Å². The summed E-state index contributed by atoms with van der Waals surface area (Å²) < 4.78 is 2.63. The molecule has 7 aromatic carbocycles. The van der Waals surface area contributed by atoms with E-state index in [2.05, 4.69) is 150 Å². The Bertz CT molecular complexity index is 2360. The van der Waals surface area contributed by atoms with Crippen LogP contribution >= 0.6 is 11.3 Å². The zero-order chi connectivity index (χ0) is 30.5. The largest absolute Gasteiger partial charge is 0.308 e. The average Bonchev–Trinajstić information content (AvgIpc) is 3.52. The van der Waals surface area contributed by atoms with Crippen LogP contribution in [0.3, 0.4) is 0 Å². The molecule has 2 heteroatoms. The summed E-state index contributed by atoms with van der Waals surface area (Å²) in [5.41, 5.74) is 7.73. The van der Waals surface area contributed by atoms with Crippen molar-refractivity contribution < 1.29 is 0 Å². The molecule has 9 rings (SSSR count). The fourth-order valence-corrected chi connectivity index (χ4v) is 9.15. The van der Waals surface area contributed by atoms with Crippen molar-refractivity contribution in [1.29, 1.82) is 0 Å². The van der Waals surface area contributed by atoms with Gasteiger partial charge in [-0.05, 0) is 70.3 Å². The molecule has 0 bridgehead atoms. The summed E-state index contributed by atoms with van der Waals surface area (Å²) in [6, 6.07) is 54.1. The van der Waals surface area contributed by atoms with Crippen LogP contribution in [-0.4, -0.2) is 0 Å². The van der Waals surface area contributed by atoms with E-state index in [-0.39, 0.29) is 0 Å². The van der Waals surface area contributed by atoms with Crippen LogP contribution in [0.5, 0.6) is 0 Å². The number of fused-ring (bicyclic) bond motifs is 5. The van der Waals surface area contributed by atoms with E-state index in [4.69, 9.17) is 0 Å². The van der Waals surface area contributed by atoms with Crippen LogP contribution in [0, 0.1) is 0 Å². The minimum Gasteiger partial charge on any atom is -0.308 e. The fourth-order valence-electron chi connectivity index (χ4n) is 7.95. The van der Waals surface area contributed by atoms with Crippen LogP contribution in [0.25, 0.3) is 52.8 Å². The van der Waals surface area contributed by atoms with E-state index < -0.39 is 0 Å². The highest BCUT2D eigenvalue weighted by Crippen LogP contribution is 2.50. The number of benzene rings is 7. The first-order chi connectivity index (χ1) is 22.8. The van der Waals surface area contributed by atoms with E-state index in [1.807, 2.05) is 11.3 Å². The Morgan fingerprint density at radius 1 is 0.457 bits per heavy atom. The van der Waals surface area contributed by atoms with E-state index in [0.29, 0.717) is 5.92 Å². The van der Waals surface area contributed by atoms with Crippen LogP contribution in [0.4, 0.5) is 17.1 Å². The highest BCUT2D eigenvalue weighted by atomic mass is 32.1. The standard InChI is InChI=1S/C44H35NS/c1-2-14-31(15-3-1)34-23-10-18-32-19-11-24-37(43(32)34)35-21-6-8-26-40(35)45(39-27-12-17-30-16-4-5-20-33(30)39)41-28-13-25-38-36-22-7-9-29-42(36)46-44(38)41/h4-13,16-29,31H,1-3,14-15H2. The van der Waals surface area contributed by atoms with Crippen molar-refractivity contribution in [3.63, 3.8) is 0 Å². The maximum absolute atomic E-state index is 2.54. The molecule has 0 amide bonds. The zero-order valence-corrected chi connectivity index (χ0v) is 26.6. The summed E-state index contributed by atoms with van der Waals surface area (Å²) in [6.45, 7) is 0. The molecule has 8 aromatic rings. The van der Waals surface area contributed by atoms with Gasteiger partial charge in [0.2, 0.25) is 0 Å². The van der Waals surface area contributed by atoms with E-state index >= 15 is 0 Å². The van der Waals surface area contributed by atoms with Crippen LogP contribution in [0.1, 0.15) is 43.6 Å². The lowest BCUT2D eigenvalue weighted by Crippen LogP contribution is -2.12. The Morgan fingerprint density at radius 3 is 1.98 bits per heavy atom. The number of hydrogen-bond donors (Lipinski definition) is 0. The van der Waals surface area contributed by atoms with Gasteiger partial charge in [-0.15, -0.1) is 11.3 Å². The number of rotatable bonds is 5. The Balaban J connectivity index is 1.35. The van der Waals surface area contributed by atoms with E-state index in [0.717, 1.165) is 0 Å². The van der Waals surface area contributed by atoms with Gasteiger partial charge in [0.15, 0.2) is 0 Å². The van der Waals surface area contributed by atoms with Crippen LogP contribution in [0.15, 0.2) is 146 Å². The molecule has 0 atom stereocenters. The number of hydrogen-bond acceptors (Lipinski definition) is 2. The summed E-state index contributed by atoms with van der Waals surface area (Å²) in [6.07, 6.45) is 6.58. The second kappa shape index (κ2) is 11.5. The molecule has 46 heavy (non-hydrogen) atoms. The van der Waals surface area contributed by atoms with Gasteiger partial charge in [0.05, 0.1) is 21.8 Å². The van der Waals surface area contributed by atoms with Crippen molar-refractivity contribution in [2.24, 2.45) is 0 Å². The third-order valence-corrected chi connectivity index (χ3v) is 11.3. The van der Waals surface area contributed by atoms with Gasteiger partial charge in [-0.2, -0.15) is 0 Å². The predicted octanol–water partition coefficient (Wildman–Crippen LogP) is 13.5. The molecule has 0 radical (unpaired) electrons. The lowest BCUT2D eigenvalue weighted by atomic mass is 9.80. The second-order valence-corrected chi connectivity index (χ2v) is 13.7. The quantitative estimate of drug-likeness (QED) is 0.188. The number of nitrogens with zero attached hydrogens (tertiary/aromatic N) is 1. The smallest absolute Gasteiger partial charge is 0.0640 e. The molecule has 1 fully saturated rings. The Morgan fingerprint density at radius 2 is 1.07 bits per heavy atom. The van der Waals surface area contributed by atoms with Crippen LogP contribution < -0.4 is 4.90 Å². The molecular weight excluding hydrogens is 575 g/mol. The van der Waals surface area contributed by atoms with Gasteiger partial charge in [-0.1, -0.05) is 141 Å². The molecule has 1 nitrogen and oxygen atoms in total. The lowest BCUT2D eigenvalue weighted by molar-refractivity contribution is 0.445. The van der Waals surface area contributed by atoms with E-state index in [9.17, 15) is 0 Å². The molecular formula is C44H35NS. The Labute approximate surface area is 274 Å². The maximum Gasteiger partial charge on any atom is 0.0640 e. The zero-order valence-electron chi connectivity index (χ0n) is 25.8. The first-order valence-electron chi connectivity index (χ1n) is 16.6. The lowest BCUT2D eigenvalue weighted by Gasteiger charge is -2.30. The normalized spacial score (nSPS) is 14.0. The molecule has 1 aliphatic rings. The topological polar surface area (TPSA) is 3.24 Å². The second-order valence-electron chi connectivity index (χ2n) is 12.7. The highest BCUT2D eigenvalue weighted by molar-refractivity contribution is 7.26. The molecule has 222 valence electrons. The van der Waals surface area contributed by atoms with Gasteiger partial charge >= 0.3 is 0 Å². The maximum atomic E-state index is 2.54. The number of para-hydroxylation sites is 1. The van der Waals surface area contributed by atoms with Crippen molar-refractivity contribution in [3.05, 3.63) is 151 Å². The molecule has 0 N–H and O–H groups in total. The van der Waals surface area contributed by atoms with Gasteiger partial charge in [0.1, 0.15) is 0 Å². The third kappa shape index (κ3) is 4.51. The molecule has 1 aromatic heterocycles. The van der Waals surface area contributed by atoms with Crippen LogP contribution in [0.2, 0.25) is 0 Å². The summed E-state index contributed by atoms with van der Waals surface area (Å²) in [4.78, 5) is 2.54. The van der Waals surface area contributed by atoms with Crippen LogP contribution in [-0.2, 0) is 0 Å². The van der Waals surface area contributed by atoms with E-state index in [1.165, 1.54) is 108 Å². The van der Waals surface area contributed by atoms with Gasteiger partial charge in [0.25, 0.3) is 0 Å². The summed E-state index contributed by atoms with van der Waals surface area (Å²) in [5.74, 6) is 0.618. The van der Waals surface area contributed by atoms with Gasteiger partial charge < -0.3 is 4.90 Å². The number of thiophene rings is 1. The molecule has 1 saturated carbocycles. The highest BCUT2D eigenvalue weighted by Gasteiger charge is 2.24. The minimum absolute atomic E-state index is 0.618. The summed E-state index contributed by atoms with van der Waals surface area (Å²) in [7, 11) is 0. The molecule has 0 aliphatic heterocycles. The molecule has 1 heterocycles. The van der Waals surface area contributed by atoms with E-state index in [1.54, 1.807) is 0 Å². The summed E-state index contributed by atoms with van der Waals surface area (Å²) in [5, 5.41) is 7.88. The summed E-state index contributed by atoms with van der Waals surface area (Å²) >= 11 is 1.90. The van der Waals surface area contributed by atoms with Crippen molar-refractivity contribution in [1.82, 2.24) is 0 Å². The minimum atomic E-state index is 0.618. The first-order valence-corrected chi connectivity index (χ1v) is 17.5. The first kappa shape index (κ1) is 27.4. The average molecular weight is 610 g/mol. The van der Waals surface area contributed by atoms with Gasteiger partial charge in [0, 0.05) is 26.4 Å². The predicted molar refractivity (Wildman–Crippen MR) is 200 cm³/mol. The Hall–Kier alpha value is -4.92. The molecule has 0 unspecified atom stereocenters. The van der Waals surface area contributed by atoms with Crippen molar-refractivity contribution in [2.75, 3.05) is 4.90 Å². The Kier molecular flexibility index (Phi) is 6.83. The molecule has 0 saturated heterocycles. The fraction of sp³-hybridized carbons (Fsp3) is 0.136. The van der Waals surface area contributed by atoms with Crippen molar-refractivity contribution >= 4 is 70.1 Å².